The molecule has 122 valence electrons. The first-order chi connectivity index (χ1) is 10.1. The number of aromatic carboxylic acids is 1. The molecule has 0 atom stereocenters. The number of carbonyl (C=O) groups is 1. The third kappa shape index (κ3) is 3.74. The molecule has 0 saturated carbocycles. The van der Waals surface area contributed by atoms with Crippen LogP contribution in [0, 0.1) is 5.82 Å². The molecule has 0 bridgehead atoms. The number of hydrogen-bond acceptors (Lipinski definition) is 5. The number of anilines is 1. The molecule has 22 heavy (non-hydrogen) atoms. The average Bonchev–Trinajstić information content (AvgIpc) is 2.37. The molecule has 2 N–H and O–H groups in total. The van der Waals surface area contributed by atoms with E-state index >= 15 is 0 Å². The molecule has 0 aromatic heterocycles. The maximum Gasteiger partial charge on any atom is 0.337 e. The second-order valence-electron chi connectivity index (χ2n) is 4.99. The van der Waals surface area contributed by atoms with Gasteiger partial charge in [-0.05, 0) is 31.0 Å². The number of benzene rings is 1. The van der Waals surface area contributed by atoms with E-state index in [1.165, 1.54) is 0 Å². The van der Waals surface area contributed by atoms with Gasteiger partial charge in [-0.2, -0.15) is 0 Å². The minimum absolute atomic E-state index is 0.0740. The summed E-state index contributed by atoms with van der Waals surface area (Å²) in [6.45, 7) is 0. The normalized spacial score (nSPS) is 18.8. The Morgan fingerprint density at radius 2 is 1.86 bits per heavy atom. The molecule has 1 fully saturated rings. The van der Waals surface area contributed by atoms with Gasteiger partial charge in [-0.3, -0.25) is 4.72 Å². The molecule has 0 aliphatic carbocycles. The number of nitrogens with one attached hydrogen (secondary N) is 1. The zero-order chi connectivity index (χ0) is 16.5. The van der Waals surface area contributed by atoms with Crippen molar-refractivity contribution in [1.29, 1.82) is 0 Å². The lowest BCUT2D eigenvalue weighted by Crippen LogP contribution is -2.36. The first-order valence-corrected chi connectivity index (χ1v) is 9.72. The Kier molecular flexibility index (Phi) is 4.43. The molecule has 1 aliphatic heterocycles. The van der Waals surface area contributed by atoms with E-state index in [1.807, 2.05) is 0 Å². The van der Waals surface area contributed by atoms with Crippen LogP contribution in [-0.4, -0.2) is 44.7 Å². The van der Waals surface area contributed by atoms with Crippen LogP contribution in [0.4, 0.5) is 10.1 Å². The zero-order valence-electron chi connectivity index (χ0n) is 11.3. The van der Waals surface area contributed by atoms with Gasteiger partial charge in [0.15, 0.2) is 0 Å². The van der Waals surface area contributed by atoms with Crippen LogP contribution in [0.3, 0.4) is 0 Å². The quantitative estimate of drug-likeness (QED) is 0.830. The zero-order valence-corrected chi connectivity index (χ0v) is 13.0. The molecule has 1 aromatic rings. The van der Waals surface area contributed by atoms with Gasteiger partial charge < -0.3 is 5.11 Å². The maximum atomic E-state index is 13.2. The van der Waals surface area contributed by atoms with Crippen molar-refractivity contribution >= 4 is 31.5 Å². The van der Waals surface area contributed by atoms with Gasteiger partial charge in [-0.1, -0.05) is 0 Å². The lowest BCUT2D eigenvalue weighted by molar-refractivity contribution is 0.0698. The minimum Gasteiger partial charge on any atom is -0.478 e. The topological polar surface area (TPSA) is 118 Å². The lowest BCUT2D eigenvalue weighted by Gasteiger charge is -2.23. The number of carboxylic acid groups (broad SMARTS) is 1. The van der Waals surface area contributed by atoms with Crippen LogP contribution in [-0.2, 0) is 19.9 Å². The Morgan fingerprint density at radius 1 is 1.27 bits per heavy atom. The first kappa shape index (κ1) is 16.7. The maximum absolute atomic E-state index is 13.2. The van der Waals surface area contributed by atoms with Crippen LogP contribution < -0.4 is 4.72 Å². The van der Waals surface area contributed by atoms with Crippen molar-refractivity contribution in [2.75, 3.05) is 16.2 Å². The fourth-order valence-electron chi connectivity index (χ4n) is 2.20. The largest absolute Gasteiger partial charge is 0.478 e. The van der Waals surface area contributed by atoms with Crippen molar-refractivity contribution < 1.29 is 31.1 Å². The summed E-state index contributed by atoms with van der Waals surface area (Å²) >= 11 is 0. The molecule has 10 heteroatoms. The van der Waals surface area contributed by atoms with Crippen LogP contribution in [0.1, 0.15) is 23.2 Å². The summed E-state index contributed by atoms with van der Waals surface area (Å²) in [5, 5.41) is 8.04. The highest BCUT2D eigenvalue weighted by Crippen LogP contribution is 2.24. The van der Waals surface area contributed by atoms with Crippen LogP contribution >= 0.6 is 0 Å². The number of sulfonamides is 1. The Hall–Kier alpha value is -1.68. The minimum atomic E-state index is -4.00. The highest BCUT2D eigenvalue weighted by atomic mass is 32.2. The Labute approximate surface area is 127 Å². The molecule has 0 amide bonds. The molecule has 7 nitrogen and oxygen atoms in total. The SMILES string of the molecule is O=C(O)c1ccc(F)cc1NS(=O)(=O)C1CCS(=O)(=O)CC1. The summed E-state index contributed by atoms with van der Waals surface area (Å²) in [6.07, 6.45) is -0.148. The van der Waals surface area contributed by atoms with E-state index in [1.54, 1.807) is 0 Å². The molecular weight excluding hydrogens is 337 g/mol. The molecule has 1 saturated heterocycles. The Balaban J connectivity index is 2.26. The average molecular weight is 351 g/mol. The Morgan fingerprint density at radius 3 is 2.41 bits per heavy atom. The summed E-state index contributed by atoms with van der Waals surface area (Å²) in [4.78, 5) is 11.0. The second kappa shape index (κ2) is 5.84. The number of halogens is 1. The van der Waals surface area contributed by atoms with Gasteiger partial charge in [0, 0.05) is 0 Å². The summed E-state index contributed by atoms with van der Waals surface area (Å²) in [7, 11) is -7.23. The van der Waals surface area contributed by atoms with E-state index in [2.05, 4.69) is 4.72 Å². The number of hydrogen-bond donors (Lipinski definition) is 2. The van der Waals surface area contributed by atoms with Crippen molar-refractivity contribution in [3.8, 4) is 0 Å². The highest BCUT2D eigenvalue weighted by Gasteiger charge is 2.33. The van der Waals surface area contributed by atoms with E-state index in [0.29, 0.717) is 0 Å². The molecular formula is C12H14FNO6S2. The van der Waals surface area contributed by atoms with Gasteiger partial charge in [-0.15, -0.1) is 0 Å². The van der Waals surface area contributed by atoms with Crippen LogP contribution in [0.5, 0.6) is 0 Å². The van der Waals surface area contributed by atoms with Gasteiger partial charge >= 0.3 is 5.97 Å². The third-order valence-corrected chi connectivity index (χ3v) is 6.97. The fourth-order valence-corrected chi connectivity index (χ4v) is 5.49. The van der Waals surface area contributed by atoms with Crippen molar-refractivity contribution in [3.05, 3.63) is 29.6 Å². The molecule has 0 radical (unpaired) electrons. The molecule has 0 unspecified atom stereocenters. The van der Waals surface area contributed by atoms with Crippen molar-refractivity contribution in [2.45, 2.75) is 18.1 Å². The smallest absolute Gasteiger partial charge is 0.337 e. The van der Waals surface area contributed by atoms with Crippen molar-refractivity contribution in [2.24, 2.45) is 0 Å². The monoisotopic (exact) mass is 351 g/mol. The first-order valence-electron chi connectivity index (χ1n) is 6.36. The summed E-state index contributed by atoms with van der Waals surface area (Å²) in [5.41, 5.74) is -0.755. The fraction of sp³-hybridized carbons (Fsp3) is 0.417. The predicted molar refractivity (Wildman–Crippen MR) is 77.6 cm³/mol. The highest BCUT2D eigenvalue weighted by molar-refractivity contribution is 7.94. The van der Waals surface area contributed by atoms with E-state index < -0.39 is 36.9 Å². The van der Waals surface area contributed by atoms with Crippen LogP contribution in [0.2, 0.25) is 0 Å². The third-order valence-electron chi connectivity index (χ3n) is 3.40. The molecule has 1 heterocycles. The number of rotatable bonds is 4. The van der Waals surface area contributed by atoms with E-state index in [-0.39, 0.29) is 35.6 Å². The number of carboxylic acids is 1. The van der Waals surface area contributed by atoms with Gasteiger partial charge in [0.2, 0.25) is 10.0 Å². The van der Waals surface area contributed by atoms with Crippen LogP contribution in [0.25, 0.3) is 0 Å². The number of sulfone groups is 1. The summed E-state index contributed by atoms with van der Waals surface area (Å²) in [5.74, 6) is -2.67. The van der Waals surface area contributed by atoms with Crippen LogP contribution in [0.15, 0.2) is 18.2 Å². The van der Waals surface area contributed by atoms with E-state index in [0.717, 1.165) is 18.2 Å². The van der Waals surface area contributed by atoms with E-state index in [4.69, 9.17) is 5.11 Å². The standard InChI is InChI=1S/C12H14FNO6S2/c13-8-1-2-10(12(15)16)11(7-8)14-22(19,20)9-3-5-21(17,18)6-4-9/h1-2,7,9,14H,3-6H2,(H,15,16). The van der Waals surface area contributed by atoms with Gasteiger partial charge in [0.05, 0.1) is 28.0 Å². The van der Waals surface area contributed by atoms with E-state index in [9.17, 15) is 26.0 Å². The van der Waals surface area contributed by atoms with Crippen molar-refractivity contribution in [1.82, 2.24) is 0 Å². The van der Waals surface area contributed by atoms with Gasteiger partial charge in [-0.25, -0.2) is 26.0 Å². The molecule has 2 rings (SSSR count). The van der Waals surface area contributed by atoms with Crippen molar-refractivity contribution in [3.63, 3.8) is 0 Å². The lowest BCUT2D eigenvalue weighted by atomic mass is 10.2. The molecule has 1 aromatic carbocycles. The molecule has 1 aliphatic rings. The van der Waals surface area contributed by atoms with Gasteiger partial charge in [0.25, 0.3) is 0 Å². The second-order valence-corrected chi connectivity index (χ2v) is 9.26. The predicted octanol–water partition coefficient (Wildman–Crippen LogP) is 0.843. The molecule has 0 spiro atoms. The summed E-state index contributed by atoms with van der Waals surface area (Å²) < 4.78 is 62.4. The van der Waals surface area contributed by atoms with Gasteiger partial charge in [0.1, 0.15) is 15.7 Å². The summed E-state index contributed by atoms with van der Waals surface area (Å²) in [6, 6.07) is 2.65. The Bertz CT molecular complexity index is 789.